The molecule has 164 valence electrons. The van der Waals surface area contributed by atoms with Crippen molar-refractivity contribution in [2.45, 2.75) is 25.3 Å². The van der Waals surface area contributed by atoms with Gasteiger partial charge in [0.1, 0.15) is 18.4 Å². The summed E-state index contributed by atoms with van der Waals surface area (Å²) in [5.41, 5.74) is 2.22. The Hall–Kier alpha value is -3.17. The molecule has 1 atom stereocenters. The molecular weight excluding hydrogens is 391 g/mol. The first-order valence-electron chi connectivity index (χ1n) is 10.4. The van der Waals surface area contributed by atoms with Gasteiger partial charge in [0.05, 0.1) is 11.6 Å². The quantitative estimate of drug-likeness (QED) is 0.208. The molecular formula is C25H31FN4O. The Bertz CT molecular complexity index is 874. The summed E-state index contributed by atoms with van der Waals surface area (Å²) in [7, 11) is 4.03. The first kappa shape index (κ1) is 24.1. The second-order valence-electron chi connectivity index (χ2n) is 7.70. The van der Waals surface area contributed by atoms with Gasteiger partial charge in [0.2, 0.25) is 5.95 Å². The van der Waals surface area contributed by atoms with Gasteiger partial charge in [0, 0.05) is 12.2 Å². The van der Waals surface area contributed by atoms with Crippen molar-refractivity contribution in [1.29, 1.82) is 5.26 Å². The molecule has 0 spiro atoms. The maximum Gasteiger partial charge on any atom is 0.212 e. The summed E-state index contributed by atoms with van der Waals surface area (Å²) in [6, 6.07) is 10.4. The molecule has 6 heteroatoms. The topological polar surface area (TPSA) is 60.6 Å². The highest BCUT2D eigenvalue weighted by Gasteiger charge is 2.32. The van der Waals surface area contributed by atoms with Crippen LogP contribution in [0.3, 0.4) is 0 Å². The Labute approximate surface area is 184 Å². The monoisotopic (exact) mass is 422 g/mol. The summed E-state index contributed by atoms with van der Waals surface area (Å²) in [5.74, 6) is 0.727. The van der Waals surface area contributed by atoms with Gasteiger partial charge >= 0.3 is 0 Å². The zero-order valence-corrected chi connectivity index (χ0v) is 18.4. The standard InChI is InChI=1S/C25H31FN4O/c1-19(22(18-27)8-6-5-7-9-24(26)28-2)29-25(20-10-11-20)21-12-14-23(15-13-21)31-17-16-30(3)4/h5,7-9,12-15,20,25,29H,1-2,6,10-11,16-17H2,3-4H3/b7-5-,22-8+,24-9-. The molecule has 1 saturated carbocycles. The minimum Gasteiger partial charge on any atom is -0.492 e. The van der Waals surface area contributed by atoms with Crippen LogP contribution in [0.2, 0.25) is 0 Å². The van der Waals surface area contributed by atoms with E-state index >= 15 is 0 Å². The van der Waals surface area contributed by atoms with Crippen molar-refractivity contribution in [2.24, 2.45) is 10.9 Å². The van der Waals surface area contributed by atoms with Gasteiger partial charge in [-0.2, -0.15) is 9.65 Å². The van der Waals surface area contributed by atoms with E-state index < -0.39 is 5.95 Å². The molecule has 2 rings (SSSR count). The maximum atomic E-state index is 12.9. The Morgan fingerprint density at radius 2 is 2.10 bits per heavy atom. The highest BCUT2D eigenvalue weighted by atomic mass is 19.1. The molecule has 0 aliphatic heterocycles. The van der Waals surface area contributed by atoms with Crippen LogP contribution in [0.1, 0.15) is 30.9 Å². The molecule has 0 radical (unpaired) electrons. The molecule has 1 unspecified atom stereocenters. The molecule has 0 aromatic heterocycles. The van der Waals surface area contributed by atoms with Gasteiger partial charge < -0.3 is 15.0 Å². The highest BCUT2D eigenvalue weighted by molar-refractivity contribution is 5.41. The third-order valence-electron chi connectivity index (χ3n) is 4.89. The second-order valence-corrected chi connectivity index (χ2v) is 7.70. The van der Waals surface area contributed by atoms with E-state index in [4.69, 9.17) is 4.74 Å². The van der Waals surface area contributed by atoms with E-state index in [0.29, 0.717) is 30.2 Å². The summed E-state index contributed by atoms with van der Waals surface area (Å²) in [5, 5.41) is 13.0. The summed E-state index contributed by atoms with van der Waals surface area (Å²) < 4.78 is 18.7. The van der Waals surface area contributed by atoms with Crippen molar-refractivity contribution >= 4 is 6.72 Å². The Kier molecular flexibility index (Phi) is 9.73. The lowest BCUT2D eigenvalue weighted by Gasteiger charge is -2.22. The molecule has 0 bridgehead atoms. The summed E-state index contributed by atoms with van der Waals surface area (Å²) >= 11 is 0. The van der Waals surface area contributed by atoms with Crippen LogP contribution in [0.5, 0.6) is 5.75 Å². The summed E-state index contributed by atoms with van der Waals surface area (Å²) in [4.78, 5) is 5.25. The van der Waals surface area contributed by atoms with Crippen LogP contribution >= 0.6 is 0 Å². The number of aliphatic imine (C=N–C) groups is 1. The molecule has 1 aliphatic rings. The number of halogens is 1. The first-order chi connectivity index (χ1) is 14.9. The highest BCUT2D eigenvalue weighted by Crippen LogP contribution is 2.42. The predicted molar refractivity (Wildman–Crippen MR) is 124 cm³/mol. The van der Waals surface area contributed by atoms with Crippen LogP contribution in [-0.2, 0) is 0 Å². The van der Waals surface area contributed by atoms with Crippen LogP contribution in [0.15, 0.2) is 77.4 Å². The predicted octanol–water partition coefficient (Wildman–Crippen LogP) is 5.09. The van der Waals surface area contributed by atoms with Gasteiger partial charge in [-0.1, -0.05) is 36.9 Å². The second kappa shape index (κ2) is 12.5. The normalized spacial score (nSPS) is 15.6. The van der Waals surface area contributed by atoms with E-state index in [0.717, 1.165) is 30.7 Å². The number of rotatable bonds is 13. The lowest BCUT2D eigenvalue weighted by atomic mass is 10.0. The Morgan fingerprint density at radius 1 is 1.39 bits per heavy atom. The average Bonchev–Trinajstić information content (AvgIpc) is 3.59. The Morgan fingerprint density at radius 3 is 2.68 bits per heavy atom. The van der Waals surface area contributed by atoms with E-state index in [1.165, 1.54) is 6.08 Å². The van der Waals surface area contributed by atoms with E-state index in [9.17, 15) is 9.65 Å². The zero-order valence-electron chi connectivity index (χ0n) is 18.4. The molecule has 1 aliphatic carbocycles. The van der Waals surface area contributed by atoms with E-state index in [2.05, 4.69) is 46.7 Å². The SMILES string of the molecule is C=N/C(F)=C\C=C/C/C=C(\C#N)C(=C)NC(c1ccc(OCCN(C)C)cc1)C1CC1. The van der Waals surface area contributed by atoms with Gasteiger partial charge in [0.25, 0.3) is 0 Å². The van der Waals surface area contributed by atoms with Gasteiger partial charge in [0.15, 0.2) is 0 Å². The summed E-state index contributed by atoms with van der Waals surface area (Å²) in [6.07, 6.45) is 9.05. The number of likely N-dealkylation sites (N-methyl/N-ethyl adjacent to an activating group) is 1. The fourth-order valence-electron chi connectivity index (χ4n) is 2.99. The van der Waals surface area contributed by atoms with Crippen molar-refractivity contribution in [1.82, 2.24) is 10.2 Å². The van der Waals surface area contributed by atoms with E-state index in [1.54, 1.807) is 18.2 Å². The molecule has 1 aromatic rings. The van der Waals surface area contributed by atoms with Crippen molar-refractivity contribution in [2.75, 3.05) is 27.2 Å². The number of nitrogens with one attached hydrogen (secondary N) is 1. The van der Waals surface area contributed by atoms with Crippen molar-refractivity contribution < 1.29 is 9.13 Å². The van der Waals surface area contributed by atoms with Crippen molar-refractivity contribution in [3.63, 3.8) is 0 Å². The molecule has 5 nitrogen and oxygen atoms in total. The van der Waals surface area contributed by atoms with Crippen LogP contribution in [0.4, 0.5) is 4.39 Å². The number of hydrogen-bond donors (Lipinski definition) is 1. The third-order valence-corrected chi connectivity index (χ3v) is 4.89. The average molecular weight is 423 g/mol. The number of nitriles is 1. The molecule has 1 aromatic carbocycles. The Balaban J connectivity index is 1.98. The zero-order chi connectivity index (χ0) is 22.6. The maximum absolute atomic E-state index is 12.9. The van der Waals surface area contributed by atoms with Gasteiger partial charge in [-0.15, -0.1) is 0 Å². The smallest absolute Gasteiger partial charge is 0.212 e. The molecule has 0 heterocycles. The molecule has 0 amide bonds. The minimum absolute atomic E-state index is 0.103. The van der Waals surface area contributed by atoms with Gasteiger partial charge in [-0.05, 0) is 69.8 Å². The fraction of sp³-hybridized carbons (Fsp3) is 0.360. The third kappa shape index (κ3) is 8.61. The lowest BCUT2D eigenvalue weighted by molar-refractivity contribution is 0.261. The number of hydrogen-bond acceptors (Lipinski definition) is 5. The van der Waals surface area contributed by atoms with Crippen LogP contribution in [0.25, 0.3) is 0 Å². The fourth-order valence-corrected chi connectivity index (χ4v) is 2.99. The van der Waals surface area contributed by atoms with Crippen LogP contribution in [0, 0.1) is 17.2 Å². The number of benzene rings is 1. The number of ether oxygens (including phenoxy) is 1. The van der Waals surface area contributed by atoms with Crippen LogP contribution in [-0.4, -0.2) is 38.9 Å². The van der Waals surface area contributed by atoms with Crippen molar-refractivity contribution in [3.05, 3.63) is 77.9 Å². The van der Waals surface area contributed by atoms with Crippen LogP contribution < -0.4 is 10.1 Å². The molecule has 1 N–H and O–H groups in total. The van der Waals surface area contributed by atoms with E-state index in [-0.39, 0.29) is 6.04 Å². The minimum atomic E-state index is -0.645. The summed E-state index contributed by atoms with van der Waals surface area (Å²) in [6.45, 7) is 8.68. The van der Waals surface area contributed by atoms with Gasteiger partial charge in [-0.25, -0.2) is 4.99 Å². The molecule has 1 fully saturated rings. The van der Waals surface area contributed by atoms with Gasteiger partial charge in [-0.3, -0.25) is 0 Å². The van der Waals surface area contributed by atoms with Crippen molar-refractivity contribution in [3.8, 4) is 11.8 Å². The van der Waals surface area contributed by atoms with E-state index in [1.807, 2.05) is 26.2 Å². The first-order valence-corrected chi connectivity index (χ1v) is 10.4. The largest absolute Gasteiger partial charge is 0.492 e. The molecule has 0 saturated heterocycles. The lowest BCUT2D eigenvalue weighted by Crippen LogP contribution is -2.23. The molecule has 31 heavy (non-hydrogen) atoms. The number of allylic oxidation sites excluding steroid dienone is 5. The number of nitrogens with zero attached hydrogens (tertiary/aromatic N) is 3.